The van der Waals surface area contributed by atoms with Gasteiger partial charge in [-0.1, -0.05) is 0 Å². The Morgan fingerprint density at radius 1 is 1.56 bits per heavy atom. The molecule has 0 fully saturated rings. The highest BCUT2D eigenvalue weighted by molar-refractivity contribution is 9.10. The number of hydrogen-bond donors (Lipinski definition) is 1. The number of nitrogens with zero attached hydrogens (tertiary/aromatic N) is 1. The summed E-state index contributed by atoms with van der Waals surface area (Å²) in [6.45, 7) is 1.19. The van der Waals surface area contributed by atoms with Crippen LogP contribution in [0.2, 0.25) is 0 Å². The Labute approximate surface area is 99.2 Å². The van der Waals surface area contributed by atoms with Gasteiger partial charge in [-0.05, 0) is 22.9 Å². The molecule has 1 aromatic heterocycles. The molecule has 0 aromatic carbocycles. The second kappa shape index (κ2) is 6.05. The molecular formula is C9H11BrF2N2O2. The van der Waals surface area contributed by atoms with Crippen molar-refractivity contribution < 1.29 is 13.5 Å². The fraction of sp³-hybridized carbons (Fsp3) is 0.556. The Morgan fingerprint density at radius 3 is 2.81 bits per heavy atom. The van der Waals surface area contributed by atoms with E-state index in [0.717, 1.165) is 0 Å². The lowest BCUT2D eigenvalue weighted by atomic mass is 10.4. The Kier molecular flexibility index (Phi) is 5.01. The van der Waals surface area contributed by atoms with Crippen molar-refractivity contribution in [1.29, 1.82) is 0 Å². The van der Waals surface area contributed by atoms with Gasteiger partial charge in [-0.2, -0.15) is 0 Å². The average Bonchev–Trinajstić information content (AvgIpc) is 2.20. The van der Waals surface area contributed by atoms with Crippen LogP contribution in [0, 0.1) is 6.92 Å². The number of ether oxygens (including phenoxy) is 1. The fourth-order valence-electron chi connectivity index (χ4n) is 1.09. The van der Waals surface area contributed by atoms with Crippen molar-refractivity contribution in [3.05, 3.63) is 26.3 Å². The van der Waals surface area contributed by atoms with Gasteiger partial charge in [0.15, 0.2) is 0 Å². The molecule has 0 aliphatic rings. The molecule has 0 bridgehead atoms. The Morgan fingerprint density at radius 2 is 2.25 bits per heavy atom. The summed E-state index contributed by atoms with van der Waals surface area (Å²) in [5.41, 5.74) is 0.281. The van der Waals surface area contributed by atoms with E-state index in [-0.39, 0.29) is 12.2 Å². The first kappa shape index (κ1) is 13.2. The molecule has 1 heterocycles. The minimum Gasteiger partial charge on any atom is -0.375 e. The number of aromatic nitrogens is 2. The van der Waals surface area contributed by atoms with Crippen LogP contribution < -0.4 is 5.56 Å². The minimum atomic E-state index is -2.47. The van der Waals surface area contributed by atoms with E-state index in [4.69, 9.17) is 0 Å². The lowest BCUT2D eigenvalue weighted by molar-refractivity contribution is 0.0182. The van der Waals surface area contributed by atoms with Gasteiger partial charge in [-0.3, -0.25) is 4.79 Å². The third kappa shape index (κ3) is 3.97. The van der Waals surface area contributed by atoms with Crippen molar-refractivity contribution in [3.8, 4) is 0 Å². The first-order valence-electron chi connectivity index (χ1n) is 4.62. The molecule has 1 N–H and O–H groups in total. The van der Waals surface area contributed by atoms with Crippen molar-refractivity contribution >= 4 is 15.9 Å². The molecule has 4 nitrogen and oxygen atoms in total. The van der Waals surface area contributed by atoms with Crippen LogP contribution in [0.3, 0.4) is 0 Å². The molecule has 7 heteroatoms. The molecule has 0 amide bonds. The summed E-state index contributed by atoms with van der Waals surface area (Å²) in [5, 5.41) is 0. The molecule has 16 heavy (non-hydrogen) atoms. The predicted molar refractivity (Wildman–Crippen MR) is 57.8 cm³/mol. The summed E-state index contributed by atoms with van der Waals surface area (Å²) in [5.74, 6) is 0.431. The zero-order valence-corrected chi connectivity index (χ0v) is 10.2. The van der Waals surface area contributed by atoms with Crippen LogP contribution in [0.4, 0.5) is 8.78 Å². The molecule has 0 saturated heterocycles. The lowest BCUT2D eigenvalue weighted by Gasteiger charge is -2.04. The molecule has 0 spiro atoms. The third-order valence-corrected chi connectivity index (χ3v) is 2.74. The molecule has 0 aliphatic heterocycles. The number of nitrogens with one attached hydrogen (secondary N) is 1. The monoisotopic (exact) mass is 296 g/mol. The summed E-state index contributed by atoms with van der Waals surface area (Å²) in [7, 11) is 0. The number of aryl methyl sites for hydroxylation is 1. The Bertz CT molecular complexity index is 409. The summed E-state index contributed by atoms with van der Waals surface area (Å²) in [6, 6.07) is 0. The van der Waals surface area contributed by atoms with Crippen LogP contribution in [-0.4, -0.2) is 29.6 Å². The van der Waals surface area contributed by atoms with E-state index < -0.39 is 13.0 Å². The number of rotatable bonds is 5. The number of aromatic amines is 1. The largest absolute Gasteiger partial charge is 0.375 e. The van der Waals surface area contributed by atoms with Gasteiger partial charge >= 0.3 is 0 Å². The van der Waals surface area contributed by atoms with Crippen molar-refractivity contribution in [2.45, 2.75) is 19.8 Å². The van der Waals surface area contributed by atoms with Crippen LogP contribution in [0.15, 0.2) is 9.27 Å². The maximum absolute atomic E-state index is 11.7. The van der Waals surface area contributed by atoms with Crippen LogP contribution in [0.25, 0.3) is 0 Å². The molecule has 0 saturated carbocycles. The molecule has 0 atom stereocenters. The second-order valence-corrected chi connectivity index (χ2v) is 3.92. The Balaban J connectivity index is 2.52. The van der Waals surface area contributed by atoms with Gasteiger partial charge in [0.25, 0.3) is 12.0 Å². The first-order chi connectivity index (χ1) is 7.50. The highest BCUT2D eigenvalue weighted by atomic mass is 79.9. The standard InChI is InChI=1S/C9H11BrF2N2O2/c1-5-8(10)9(15)14-7(13-5)2-3-16-4-6(11)12/h6H,2-4H2,1H3,(H,13,14,15). The number of halogens is 3. The van der Waals surface area contributed by atoms with Gasteiger partial charge in [0.2, 0.25) is 0 Å². The summed E-state index contributed by atoms with van der Waals surface area (Å²) in [6.07, 6.45) is -2.17. The van der Waals surface area contributed by atoms with Gasteiger partial charge in [-0.15, -0.1) is 0 Å². The third-order valence-electron chi connectivity index (χ3n) is 1.80. The molecule has 0 radical (unpaired) electrons. The van der Waals surface area contributed by atoms with Crippen molar-refractivity contribution in [2.75, 3.05) is 13.2 Å². The molecule has 1 rings (SSSR count). The van der Waals surface area contributed by atoms with E-state index in [9.17, 15) is 13.6 Å². The lowest BCUT2D eigenvalue weighted by Crippen LogP contribution is -2.16. The molecule has 90 valence electrons. The fourth-order valence-corrected chi connectivity index (χ4v) is 1.28. The average molecular weight is 297 g/mol. The SMILES string of the molecule is Cc1nc(CCOCC(F)F)[nH]c(=O)c1Br. The van der Waals surface area contributed by atoms with Gasteiger partial charge < -0.3 is 9.72 Å². The number of alkyl halides is 2. The Hall–Kier alpha value is -0.820. The van der Waals surface area contributed by atoms with Crippen LogP contribution in [-0.2, 0) is 11.2 Å². The predicted octanol–water partition coefficient (Wildman–Crippen LogP) is 1.67. The molecule has 0 unspecified atom stereocenters. The topological polar surface area (TPSA) is 55.0 Å². The maximum atomic E-state index is 11.7. The van der Waals surface area contributed by atoms with E-state index in [0.29, 0.717) is 22.4 Å². The van der Waals surface area contributed by atoms with Crippen LogP contribution >= 0.6 is 15.9 Å². The highest BCUT2D eigenvalue weighted by Gasteiger charge is 2.06. The number of H-pyrrole nitrogens is 1. The second-order valence-electron chi connectivity index (χ2n) is 3.13. The van der Waals surface area contributed by atoms with Crippen molar-refractivity contribution in [3.63, 3.8) is 0 Å². The molecule has 1 aromatic rings. The summed E-state index contributed by atoms with van der Waals surface area (Å²) < 4.78 is 28.5. The zero-order chi connectivity index (χ0) is 12.1. The van der Waals surface area contributed by atoms with Gasteiger partial charge in [0.1, 0.15) is 16.9 Å². The van der Waals surface area contributed by atoms with Crippen molar-refractivity contribution in [2.24, 2.45) is 0 Å². The van der Waals surface area contributed by atoms with E-state index in [1.165, 1.54) is 0 Å². The summed E-state index contributed by atoms with van der Waals surface area (Å²) >= 11 is 3.08. The zero-order valence-electron chi connectivity index (χ0n) is 8.60. The van der Waals surface area contributed by atoms with Gasteiger partial charge in [0.05, 0.1) is 12.3 Å². The quantitative estimate of drug-likeness (QED) is 0.841. The van der Waals surface area contributed by atoms with Gasteiger partial charge in [0, 0.05) is 6.42 Å². The summed E-state index contributed by atoms with van der Waals surface area (Å²) in [4.78, 5) is 17.9. The van der Waals surface area contributed by atoms with Crippen LogP contribution in [0.1, 0.15) is 11.5 Å². The van der Waals surface area contributed by atoms with Crippen molar-refractivity contribution in [1.82, 2.24) is 9.97 Å². The normalized spacial score (nSPS) is 11.1. The number of hydrogen-bond acceptors (Lipinski definition) is 3. The maximum Gasteiger partial charge on any atom is 0.265 e. The van der Waals surface area contributed by atoms with E-state index in [1.54, 1.807) is 6.92 Å². The highest BCUT2D eigenvalue weighted by Crippen LogP contribution is 2.06. The van der Waals surface area contributed by atoms with E-state index >= 15 is 0 Å². The van der Waals surface area contributed by atoms with E-state index in [1.807, 2.05) is 0 Å². The smallest absolute Gasteiger partial charge is 0.265 e. The van der Waals surface area contributed by atoms with Gasteiger partial charge in [-0.25, -0.2) is 13.8 Å². The first-order valence-corrected chi connectivity index (χ1v) is 5.41. The molecular weight excluding hydrogens is 286 g/mol. The minimum absolute atomic E-state index is 0.106. The van der Waals surface area contributed by atoms with Crippen LogP contribution in [0.5, 0.6) is 0 Å². The van der Waals surface area contributed by atoms with E-state index in [2.05, 4.69) is 30.6 Å². The molecule has 0 aliphatic carbocycles.